The molecule has 0 fully saturated rings. The minimum absolute atomic E-state index is 0.0172. The lowest BCUT2D eigenvalue weighted by Crippen LogP contribution is -2.04. The third kappa shape index (κ3) is 2.77. The molecule has 0 atom stereocenters. The quantitative estimate of drug-likeness (QED) is 0.926. The molecule has 0 saturated heterocycles. The van der Waals surface area contributed by atoms with Gasteiger partial charge < -0.3 is 9.84 Å². The number of aryl methyl sites for hydroxylation is 2. The Morgan fingerprint density at radius 1 is 1.30 bits per heavy atom. The largest absolute Gasteiger partial charge is 0.496 e. The highest BCUT2D eigenvalue weighted by Gasteiger charge is 2.13. The van der Waals surface area contributed by atoms with Gasteiger partial charge in [-0.1, -0.05) is 13.0 Å². The molecule has 0 saturated carbocycles. The van der Waals surface area contributed by atoms with E-state index in [0.29, 0.717) is 17.3 Å². The molecule has 0 radical (unpaired) electrons. The zero-order valence-electron chi connectivity index (χ0n) is 11.7. The fourth-order valence-corrected chi connectivity index (χ4v) is 1.99. The normalized spacial score (nSPS) is 10.3. The van der Waals surface area contributed by atoms with Crippen LogP contribution in [0.25, 0.3) is 11.3 Å². The van der Waals surface area contributed by atoms with Crippen molar-refractivity contribution in [1.29, 1.82) is 0 Å². The Bertz CT molecular complexity index is 654. The Hall–Kier alpha value is -2.43. The molecule has 0 unspecified atom stereocenters. The molecule has 104 valence electrons. The third-order valence-corrected chi connectivity index (χ3v) is 3.01. The average molecular weight is 272 g/mol. The standard InChI is InChI=1S/C15H16N2O3/c1-4-10-5-6-14(20-3)11(7-10)12-8-13(15(18)19)17-9(2)16-12/h5-8H,4H2,1-3H3,(H,18,19). The average Bonchev–Trinajstić information content (AvgIpc) is 2.45. The van der Waals surface area contributed by atoms with E-state index < -0.39 is 5.97 Å². The van der Waals surface area contributed by atoms with Crippen molar-refractivity contribution in [2.24, 2.45) is 0 Å². The van der Waals surface area contributed by atoms with Crippen LogP contribution in [-0.2, 0) is 6.42 Å². The molecule has 0 aliphatic rings. The van der Waals surface area contributed by atoms with Gasteiger partial charge in [0.2, 0.25) is 0 Å². The molecule has 0 amide bonds. The molecule has 5 heteroatoms. The van der Waals surface area contributed by atoms with Crippen LogP contribution in [0.1, 0.15) is 28.8 Å². The van der Waals surface area contributed by atoms with E-state index in [1.165, 1.54) is 6.07 Å². The van der Waals surface area contributed by atoms with E-state index in [-0.39, 0.29) is 5.69 Å². The van der Waals surface area contributed by atoms with Crippen LogP contribution in [0, 0.1) is 6.92 Å². The van der Waals surface area contributed by atoms with Gasteiger partial charge in [-0.25, -0.2) is 14.8 Å². The Kier molecular flexibility index (Phi) is 3.98. The molecule has 1 N–H and O–H groups in total. The molecule has 0 aliphatic heterocycles. The number of hydrogen-bond donors (Lipinski definition) is 1. The molecule has 2 rings (SSSR count). The molecule has 1 aromatic heterocycles. The minimum Gasteiger partial charge on any atom is -0.496 e. The number of aromatic nitrogens is 2. The number of carboxylic acid groups (broad SMARTS) is 1. The number of benzene rings is 1. The SMILES string of the molecule is CCc1ccc(OC)c(-c2cc(C(=O)O)nc(C)n2)c1. The highest BCUT2D eigenvalue weighted by molar-refractivity contribution is 5.87. The van der Waals surface area contributed by atoms with Crippen LogP contribution in [0.15, 0.2) is 24.3 Å². The Balaban J connectivity index is 2.63. The van der Waals surface area contributed by atoms with Crippen LogP contribution in [0.2, 0.25) is 0 Å². The predicted octanol–water partition coefficient (Wildman–Crippen LogP) is 2.72. The molecular weight excluding hydrogens is 256 g/mol. The smallest absolute Gasteiger partial charge is 0.354 e. The minimum atomic E-state index is -1.07. The van der Waals surface area contributed by atoms with Gasteiger partial charge >= 0.3 is 5.97 Å². The van der Waals surface area contributed by atoms with Gasteiger partial charge in [-0.2, -0.15) is 0 Å². The van der Waals surface area contributed by atoms with Crippen LogP contribution in [0.4, 0.5) is 0 Å². The number of hydrogen-bond acceptors (Lipinski definition) is 4. The topological polar surface area (TPSA) is 72.3 Å². The van der Waals surface area contributed by atoms with Crippen molar-refractivity contribution >= 4 is 5.97 Å². The van der Waals surface area contributed by atoms with Gasteiger partial charge in [0.25, 0.3) is 0 Å². The fraction of sp³-hybridized carbons (Fsp3) is 0.267. The van der Waals surface area contributed by atoms with Gasteiger partial charge in [-0.15, -0.1) is 0 Å². The number of carboxylic acids is 1. The van der Waals surface area contributed by atoms with E-state index in [4.69, 9.17) is 9.84 Å². The second kappa shape index (κ2) is 5.69. The number of carbonyl (C=O) groups is 1. The number of rotatable bonds is 4. The second-order valence-corrected chi connectivity index (χ2v) is 4.38. The van der Waals surface area contributed by atoms with E-state index in [0.717, 1.165) is 17.5 Å². The summed E-state index contributed by atoms with van der Waals surface area (Å²) in [6.45, 7) is 3.73. The summed E-state index contributed by atoms with van der Waals surface area (Å²) in [5, 5.41) is 9.09. The first kappa shape index (κ1) is 14.0. The number of methoxy groups -OCH3 is 1. The molecule has 20 heavy (non-hydrogen) atoms. The van der Waals surface area contributed by atoms with Crippen LogP contribution >= 0.6 is 0 Å². The molecule has 0 aliphatic carbocycles. The van der Waals surface area contributed by atoms with Gasteiger partial charge in [0.05, 0.1) is 12.8 Å². The summed E-state index contributed by atoms with van der Waals surface area (Å²) in [6, 6.07) is 7.28. The molecule has 0 spiro atoms. The second-order valence-electron chi connectivity index (χ2n) is 4.38. The van der Waals surface area contributed by atoms with Gasteiger partial charge in [0.1, 0.15) is 11.6 Å². The molecular formula is C15H16N2O3. The molecule has 2 aromatic rings. The summed E-state index contributed by atoms with van der Waals surface area (Å²) >= 11 is 0. The Morgan fingerprint density at radius 2 is 2.05 bits per heavy atom. The zero-order valence-corrected chi connectivity index (χ0v) is 11.7. The fourth-order valence-electron chi connectivity index (χ4n) is 1.99. The van der Waals surface area contributed by atoms with E-state index in [9.17, 15) is 4.79 Å². The lowest BCUT2D eigenvalue weighted by Gasteiger charge is -2.10. The summed E-state index contributed by atoms with van der Waals surface area (Å²) in [4.78, 5) is 19.3. The summed E-state index contributed by atoms with van der Waals surface area (Å²) in [5.41, 5.74) is 2.45. The highest BCUT2D eigenvalue weighted by Crippen LogP contribution is 2.30. The van der Waals surface area contributed by atoms with Crippen molar-refractivity contribution in [3.63, 3.8) is 0 Å². The molecule has 1 aromatic carbocycles. The molecule has 0 bridgehead atoms. The monoisotopic (exact) mass is 272 g/mol. The zero-order chi connectivity index (χ0) is 14.7. The van der Waals surface area contributed by atoms with E-state index in [1.54, 1.807) is 14.0 Å². The first-order valence-corrected chi connectivity index (χ1v) is 6.31. The van der Waals surface area contributed by atoms with Crippen molar-refractivity contribution in [1.82, 2.24) is 9.97 Å². The van der Waals surface area contributed by atoms with Crippen molar-refractivity contribution in [2.45, 2.75) is 20.3 Å². The van der Waals surface area contributed by atoms with E-state index >= 15 is 0 Å². The maximum Gasteiger partial charge on any atom is 0.354 e. The predicted molar refractivity (Wildman–Crippen MR) is 75.1 cm³/mol. The summed E-state index contributed by atoms with van der Waals surface area (Å²) in [6.07, 6.45) is 0.882. The molecule has 5 nitrogen and oxygen atoms in total. The van der Waals surface area contributed by atoms with Gasteiger partial charge in [0, 0.05) is 5.56 Å². The summed E-state index contributed by atoms with van der Waals surface area (Å²) in [7, 11) is 1.58. The maximum absolute atomic E-state index is 11.1. The number of aromatic carboxylic acids is 1. The van der Waals surface area contributed by atoms with E-state index in [2.05, 4.69) is 16.9 Å². The lowest BCUT2D eigenvalue weighted by atomic mass is 10.0. The van der Waals surface area contributed by atoms with Gasteiger partial charge in [-0.3, -0.25) is 0 Å². The maximum atomic E-state index is 11.1. The van der Waals surface area contributed by atoms with Crippen molar-refractivity contribution in [3.8, 4) is 17.0 Å². The van der Waals surface area contributed by atoms with E-state index in [1.807, 2.05) is 18.2 Å². The number of ether oxygens (including phenoxy) is 1. The Labute approximate surface area is 117 Å². The first-order valence-electron chi connectivity index (χ1n) is 6.31. The first-order chi connectivity index (χ1) is 9.55. The van der Waals surface area contributed by atoms with Gasteiger partial charge in [0.15, 0.2) is 5.69 Å². The third-order valence-electron chi connectivity index (χ3n) is 3.01. The van der Waals surface area contributed by atoms with Crippen molar-refractivity contribution in [2.75, 3.05) is 7.11 Å². The summed E-state index contributed by atoms with van der Waals surface area (Å²) < 4.78 is 5.33. The summed E-state index contributed by atoms with van der Waals surface area (Å²) in [5.74, 6) is 0.0165. The van der Waals surface area contributed by atoms with Crippen molar-refractivity contribution in [3.05, 3.63) is 41.3 Å². The highest BCUT2D eigenvalue weighted by atomic mass is 16.5. The number of nitrogens with zero attached hydrogens (tertiary/aromatic N) is 2. The van der Waals surface area contributed by atoms with Crippen LogP contribution in [0.3, 0.4) is 0 Å². The van der Waals surface area contributed by atoms with Crippen LogP contribution in [-0.4, -0.2) is 28.2 Å². The van der Waals surface area contributed by atoms with Crippen LogP contribution in [0.5, 0.6) is 5.75 Å². The van der Waals surface area contributed by atoms with Crippen LogP contribution < -0.4 is 4.74 Å². The van der Waals surface area contributed by atoms with Gasteiger partial charge in [-0.05, 0) is 37.1 Å². The lowest BCUT2D eigenvalue weighted by molar-refractivity contribution is 0.0690. The van der Waals surface area contributed by atoms with Crippen molar-refractivity contribution < 1.29 is 14.6 Å². The molecule has 1 heterocycles. The Morgan fingerprint density at radius 3 is 2.65 bits per heavy atom.